The van der Waals surface area contributed by atoms with Gasteiger partial charge in [0.2, 0.25) is 0 Å². The molecule has 4 fully saturated rings. The fourth-order valence-electron chi connectivity index (χ4n) is 5.69. The predicted octanol–water partition coefficient (Wildman–Crippen LogP) is 1.39. The summed E-state index contributed by atoms with van der Waals surface area (Å²) in [5.74, 6) is 0.737. The Hall–Kier alpha value is -0.160. The molecule has 3 aliphatic heterocycles. The molecule has 0 amide bonds. The molecule has 4 nitrogen and oxygen atoms in total. The van der Waals surface area contributed by atoms with Gasteiger partial charge >= 0.3 is 0 Å². The van der Waals surface area contributed by atoms with E-state index in [0.717, 1.165) is 24.9 Å². The Kier molecular flexibility index (Phi) is 4.00. The van der Waals surface area contributed by atoms with E-state index in [1.165, 1.54) is 58.4 Å². The third-order valence-electron chi connectivity index (χ3n) is 6.45. The first-order valence-corrected chi connectivity index (χ1v) is 9.47. The minimum Gasteiger partial charge on any atom is -0.392 e. The second kappa shape index (κ2) is 5.73. The maximum absolute atomic E-state index is 10.2. The lowest BCUT2D eigenvalue weighted by molar-refractivity contribution is -0.127. The van der Waals surface area contributed by atoms with Gasteiger partial charge in [-0.25, -0.2) is 0 Å². The van der Waals surface area contributed by atoms with Gasteiger partial charge < -0.3 is 5.11 Å². The Morgan fingerprint density at radius 3 is 2.45 bits per heavy atom. The smallest absolute Gasteiger partial charge is 0.0682 e. The number of aliphatic hydroxyl groups excluding tert-OH is 1. The van der Waals surface area contributed by atoms with Crippen molar-refractivity contribution in [3.8, 4) is 0 Å². The van der Waals surface area contributed by atoms with Crippen LogP contribution >= 0.6 is 0 Å². The molecule has 4 heteroatoms. The van der Waals surface area contributed by atoms with Gasteiger partial charge in [0.15, 0.2) is 0 Å². The molecule has 4 aliphatic rings. The Morgan fingerprint density at radius 1 is 1.05 bits per heavy atom. The van der Waals surface area contributed by atoms with Crippen LogP contribution in [0.4, 0.5) is 0 Å². The topological polar surface area (TPSA) is 30.0 Å². The second-order valence-electron chi connectivity index (χ2n) is 8.85. The van der Waals surface area contributed by atoms with Gasteiger partial charge in [-0.2, -0.15) is 0 Å². The van der Waals surface area contributed by atoms with Crippen LogP contribution in [0.15, 0.2) is 0 Å². The Bertz CT molecular complexity index is 401. The van der Waals surface area contributed by atoms with E-state index in [2.05, 4.69) is 28.5 Å². The summed E-state index contributed by atoms with van der Waals surface area (Å²) in [6.45, 7) is 11.7. The van der Waals surface area contributed by atoms with E-state index in [1.807, 2.05) is 0 Å². The molecule has 0 aromatic heterocycles. The Balaban J connectivity index is 1.46. The molecule has 0 bridgehead atoms. The summed E-state index contributed by atoms with van der Waals surface area (Å²) in [6, 6.07) is 1.45. The average molecular weight is 307 g/mol. The van der Waals surface area contributed by atoms with Gasteiger partial charge in [-0.3, -0.25) is 14.7 Å². The maximum atomic E-state index is 10.2. The highest BCUT2D eigenvalue weighted by atomic mass is 16.3. The molecule has 0 aromatic rings. The van der Waals surface area contributed by atoms with E-state index in [4.69, 9.17) is 0 Å². The molecule has 1 saturated carbocycles. The van der Waals surface area contributed by atoms with E-state index in [0.29, 0.717) is 11.6 Å². The molecular weight excluding hydrogens is 274 g/mol. The lowest BCUT2D eigenvalue weighted by Crippen LogP contribution is -2.79. The molecule has 22 heavy (non-hydrogen) atoms. The van der Waals surface area contributed by atoms with Crippen molar-refractivity contribution in [1.82, 2.24) is 14.7 Å². The van der Waals surface area contributed by atoms with Gasteiger partial charge in [-0.15, -0.1) is 0 Å². The van der Waals surface area contributed by atoms with Crippen molar-refractivity contribution < 1.29 is 5.11 Å². The van der Waals surface area contributed by atoms with Gasteiger partial charge in [0.1, 0.15) is 0 Å². The maximum Gasteiger partial charge on any atom is 0.0682 e. The van der Waals surface area contributed by atoms with Crippen molar-refractivity contribution in [1.29, 1.82) is 0 Å². The molecule has 1 N–H and O–H groups in total. The van der Waals surface area contributed by atoms with Crippen molar-refractivity contribution in [3.05, 3.63) is 0 Å². The quantitative estimate of drug-likeness (QED) is 0.853. The normalized spacial score (nSPS) is 37.1. The molecule has 0 unspecified atom stereocenters. The van der Waals surface area contributed by atoms with Crippen LogP contribution in [0.3, 0.4) is 0 Å². The van der Waals surface area contributed by atoms with E-state index in [1.54, 1.807) is 0 Å². The lowest BCUT2D eigenvalue weighted by atomic mass is 9.82. The van der Waals surface area contributed by atoms with Crippen LogP contribution in [0.1, 0.15) is 46.0 Å². The SMILES string of the molecule is CC(C)CN1C[C@H]2C[C@@H](O)CN2C2(C1)CN(C1CCCC1)C2. The molecule has 4 rings (SSSR count). The summed E-state index contributed by atoms with van der Waals surface area (Å²) < 4.78 is 0. The average Bonchev–Trinajstić information content (AvgIpc) is 3.02. The zero-order valence-corrected chi connectivity index (χ0v) is 14.4. The molecule has 3 saturated heterocycles. The predicted molar refractivity (Wildman–Crippen MR) is 89.0 cm³/mol. The number of β-amino-alcohol motifs (C(OH)–C–C–N with tert-alkyl or cyclic N) is 1. The summed E-state index contributed by atoms with van der Waals surface area (Å²) in [7, 11) is 0. The zero-order chi connectivity index (χ0) is 15.3. The van der Waals surface area contributed by atoms with Gasteiger partial charge in [0.05, 0.1) is 11.6 Å². The molecular formula is C18H33N3O. The van der Waals surface area contributed by atoms with Crippen LogP contribution < -0.4 is 0 Å². The van der Waals surface area contributed by atoms with Crippen molar-refractivity contribution >= 4 is 0 Å². The van der Waals surface area contributed by atoms with Crippen LogP contribution in [-0.2, 0) is 0 Å². The van der Waals surface area contributed by atoms with Crippen molar-refractivity contribution in [2.75, 3.05) is 39.3 Å². The summed E-state index contributed by atoms with van der Waals surface area (Å²) in [6.07, 6.45) is 6.58. The van der Waals surface area contributed by atoms with Gasteiger partial charge in [0, 0.05) is 51.4 Å². The third-order valence-corrected chi connectivity index (χ3v) is 6.45. The monoisotopic (exact) mass is 307 g/mol. The molecule has 0 radical (unpaired) electrons. The zero-order valence-electron chi connectivity index (χ0n) is 14.4. The first-order chi connectivity index (χ1) is 10.6. The fourth-order valence-corrected chi connectivity index (χ4v) is 5.69. The Labute approximate surface area is 135 Å². The van der Waals surface area contributed by atoms with Crippen molar-refractivity contribution in [2.24, 2.45) is 5.92 Å². The minimum absolute atomic E-state index is 0.0959. The van der Waals surface area contributed by atoms with Crippen LogP contribution in [0, 0.1) is 5.92 Å². The van der Waals surface area contributed by atoms with Crippen molar-refractivity contribution in [3.63, 3.8) is 0 Å². The number of likely N-dealkylation sites (tertiary alicyclic amines) is 1. The molecule has 0 aromatic carbocycles. The number of piperazine rings is 1. The summed E-state index contributed by atoms with van der Waals surface area (Å²) in [4.78, 5) is 8.13. The summed E-state index contributed by atoms with van der Waals surface area (Å²) >= 11 is 0. The number of fused-ring (bicyclic) bond motifs is 2. The first-order valence-electron chi connectivity index (χ1n) is 9.47. The third kappa shape index (κ3) is 2.62. The minimum atomic E-state index is -0.0959. The number of hydrogen-bond acceptors (Lipinski definition) is 4. The standard InChI is InChI=1S/C18H33N3O/c1-14(2)8-19-9-16-7-17(22)10-21(16)18(11-19)12-20(13-18)15-5-3-4-6-15/h14-17,22H,3-13H2,1-2H3/t16-,17-/m1/s1. The molecule has 126 valence electrons. The highest BCUT2D eigenvalue weighted by Gasteiger charge is 2.56. The Morgan fingerprint density at radius 2 is 1.77 bits per heavy atom. The number of aliphatic hydroxyl groups is 1. The largest absolute Gasteiger partial charge is 0.392 e. The number of hydrogen-bond donors (Lipinski definition) is 1. The van der Waals surface area contributed by atoms with Crippen LogP contribution in [0.5, 0.6) is 0 Å². The summed E-state index contributed by atoms with van der Waals surface area (Å²) in [5.41, 5.74) is 0.345. The molecule has 1 spiro atoms. The number of rotatable bonds is 3. The number of nitrogens with zero attached hydrogens (tertiary/aromatic N) is 3. The van der Waals surface area contributed by atoms with Crippen molar-refractivity contribution in [2.45, 2.75) is 69.7 Å². The molecule has 1 aliphatic carbocycles. The fraction of sp³-hybridized carbons (Fsp3) is 1.00. The van der Waals surface area contributed by atoms with Gasteiger partial charge in [-0.1, -0.05) is 26.7 Å². The second-order valence-corrected chi connectivity index (χ2v) is 8.85. The van der Waals surface area contributed by atoms with Crippen LogP contribution in [-0.4, -0.2) is 82.8 Å². The van der Waals surface area contributed by atoms with E-state index >= 15 is 0 Å². The molecule has 3 heterocycles. The molecule has 2 atom stereocenters. The highest BCUT2D eigenvalue weighted by Crippen LogP contribution is 2.41. The van der Waals surface area contributed by atoms with Gasteiger partial charge in [0.25, 0.3) is 0 Å². The van der Waals surface area contributed by atoms with Crippen LogP contribution in [0.2, 0.25) is 0 Å². The van der Waals surface area contributed by atoms with Gasteiger partial charge in [-0.05, 0) is 25.2 Å². The van der Waals surface area contributed by atoms with Crippen LogP contribution in [0.25, 0.3) is 0 Å². The first kappa shape index (κ1) is 15.4. The van der Waals surface area contributed by atoms with E-state index in [9.17, 15) is 5.11 Å². The highest BCUT2D eigenvalue weighted by molar-refractivity contribution is 5.14. The van der Waals surface area contributed by atoms with E-state index < -0.39 is 0 Å². The summed E-state index contributed by atoms with van der Waals surface area (Å²) in [5, 5.41) is 10.2. The lowest BCUT2D eigenvalue weighted by Gasteiger charge is -2.62. The van der Waals surface area contributed by atoms with E-state index in [-0.39, 0.29) is 6.10 Å².